The number of nitrogens with one attached hydrogen (secondary N) is 1. The van der Waals surface area contributed by atoms with E-state index >= 15 is 0 Å². The van der Waals surface area contributed by atoms with Crippen LogP contribution in [-0.2, 0) is 14.8 Å². The molecule has 1 aliphatic heterocycles. The van der Waals surface area contributed by atoms with Crippen molar-refractivity contribution in [2.24, 2.45) is 0 Å². The van der Waals surface area contributed by atoms with Gasteiger partial charge in [0.15, 0.2) is 0 Å². The van der Waals surface area contributed by atoms with E-state index in [1.165, 1.54) is 4.31 Å². The number of amides is 1. The zero-order chi connectivity index (χ0) is 13.2. The van der Waals surface area contributed by atoms with E-state index in [2.05, 4.69) is 21.2 Å². The van der Waals surface area contributed by atoms with E-state index in [1.807, 2.05) is 0 Å². The lowest BCUT2D eigenvalue weighted by Crippen LogP contribution is -2.34. The van der Waals surface area contributed by atoms with Crippen molar-refractivity contribution < 1.29 is 13.2 Å². The molecule has 1 aromatic rings. The van der Waals surface area contributed by atoms with Crippen molar-refractivity contribution in [2.75, 3.05) is 19.6 Å². The molecule has 1 aliphatic rings. The van der Waals surface area contributed by atoms with Crippen LogP contribution in [0, 0.1) is 0 Å². The Balaban J connectivity index is 2.28. The van der Waals surface area contributed by atoms with Gasteiger partial charge in [0.25, 0.3) is 0 Å². The van der Waals surface area contributed by atoms with E-state index in [9.17, 15) is 13.2 Å². The molecule has 98 valence electrons. The van der Waals surface area contributed by atoms with Crippen LogP contribution < -0.4 is 5.32 Å². The van der Waals surface area contributed by atoms with E-state index in [0.717, 1.165) is 0 Å². The monoisotopic (exact) mass is 332 g/mol. The molecule has 2 rings (SSSR count). The van der Waals surface area contributed by atoms with Crippen molar-refractivity contribution in [3.63, 3.8) is 0 Å². The zero-order valence-corrected chi connectivity index (χ0v) is 12.0. The first-order chi connectivity index (χ1) is 8.50. The Bertz CT molecular complexity index is 559. The molecule has 0 aromatic heterocycles. The molecule has 0 aliphatic carbocycles. The Morgan fingerprint density at radius 3 is 2.78 bits per heavy atom. The van der Waals surface area contributed by atoms with Gasteiger partial charge in [0.2, 0.25) is 15.9 Å². The predicted octanol–water partition coefficient (Wildman–Crippen LogP) is 0.960. The van der Waals surface area contributed by atoms with Crippen molar-refractivity contribution in [1.82, 2.24) is 9.62 Å². The van der Waals surface area contributed by atoms with Crippen LogP contribution in [0.2, 0.25) is 0 Å². The highest BCUT2D eigenvalue weighted by Gasteiger charge is 2.26. The van der Waals surface area contributed by atoms with Crippen LogP contribution in [0.3, 0.4) is 0 Å². The van der Waals surface area contributed by atoms with Crippen molar-refractivity contribution >= 4 is 31.9 Å². The third kappa shape index (κ3) is 2.90. The minimum atomic E-state index is -3.52. The summed E-state index contributed by atoms with van der Waals surface area (Å²) in [5, 5.41) is 2.66. The molecule has 1 fully saturated rings. The van der Waals surface area contributed by atoms with Crippen molar-refractivity contribution in [1.29, 1.82) is 0 Å². The van der Waals surface area contributed by atoms with E-state index in [1.54, 1.807) is 24.3 Å². The van der Waals surface area contributed by atoms with E-state index in [-0.39, 0.29) is 23.8 Å². The highest BCUT2D eigenvalue weighted by Crippen LogP contribution is 2.20. The lowest BCUT2D eigenvalue weighted by molar-refractivity contribution is -0.120. The second-order valence-corrected chi connectivity index (χ2v) is 6.82. The Labute approximate surface area is 114 Å². The summed E-state index contributed by atoms with van der Waals surface area (Å²) in [7, 11) is -3.52. The Kier molecular flexibility index (Phi) is 4.04. The van der Waals surface area contributed by atoms with Gasteiger partial charge in [-0.3, -0.25) is 4.79 Å². The number of carbonyl (C=O) groups is 1. The molecule has 0 atom stereocenters. The van der Waals surface area contributed by atoms with E-state index in [0.29, 0.717) is 17.6 Å². The fourth-order valence-corrected chi connectivity index (χ4v) is 3.80. The second kappa shape index (κ2) is 5.38. The summed E-state index contributed by atoms with van der Waals surface area (Å²) < 4.78 is 26.8. The largest absolute Gasteiger partial charge is 0.355 e. The van der Waals surface area contributed by atoms with Crippen molar-refractivity contribution in [3.8, 4) is 0 Å². The predicted molar refractivity (Wildman–Crippen MR) is 70.5 cm³/mol. The minimum Gasteiger partial charge on any atom is -0.355 e. The maximum Gasteiger partial charge on any atom is 0.243 e. The number of hydrogen-bond donors (Lipinski definition) is 1. The molecule has 7 heteroatoms. The summed E-state index contributed by atoms with van der Waals surface area (Å²) in [4.78, 5) is 11.4. The first-order valence-electron chi connectivity index (χ1n) is 5.52. The van der Waals surface area contributed by atoms with Gasteiger partial charge in [0.1, 0.15) is 0 Å². The fraction of sp³-hybridized carbons (Fsp3) is 0.364. The molecule has 1 amide bonds. The average Bonchev–Trinajstić information content (AvgIpc) is 2.54. The molecule has 1 N–H and O–H groups in total. The van der Waals surface area contributed by atoms with Gasteiger partial charge in [0, 0.05) is 30.5 Å². The number of halogens is 1. The van der Waals surface area contributed by atoms with Crippen molar-refractivity contribution in [2.45, 2.75) is 11.3 Å². The third-order valence-electron chi connectivity index (χ3n) is 2.71. The van der Waals surface area contributed by atoms with Gasteiger partial charge in [-0.25, -0.2) is 8.42 Å². The molecule has 0 spiro atoms. The van der Waals surface area contributed by atoms with Gasteiger partial charge >= 0.3 is 0 Å². The molecule has 1 heterocycles. The van der Waals surface area contributed by atoms with Crippen LogP contribution in [0.1, 0.15) is 6.42 Å². The minimum absolute atomic E-state index is 0.109. The van der Waals surface area contributed by atoms with Gasteiger partial charge in [0.05, 0.1) is 4.90 Å². The quantitative estimate of drug-likeness (QED) is 0.877. The lowest BCUT2D eigenvalue weighted by atomic mass is 10.4. The lowest BCUT2D eigenvalue weighted by Gasteiger charge is -2.19. The third-order valence-corrected chi connectivity index (χ3v) is 5.09. The summed E-state index contributed by atoms with van der Waals surface area (Å²) in [5.74, 6) is -0.109. The van der Waals surface area contributed by atoms with Crippen LogP contribution in [-0.4, -0.2) is 38.3 Å². The van der Waals surface area contributed by atoms with E-state index < -0.39 is 10.0 Å². The zero-order valence-electron chi connectivity index (χ0n) is 9.60. The molecular formula is C11H13BrN2O3S. The molecule has 0 bridgehead atoms. The summed E-state index contributed by atoms with van der Waals surface area (Å²) in [6.45, 7) is 0.882. The summed E-state index contributed by atoms with van der Waals surface area (Å²) in [6.07, 6.45) is 0.202. The Hall–Kier alpha value is -0.920. The van der Waals surface area contributed by atoms with Gasteiger partial charge in [-0.2, -0.15) is 4.31 Å². The number of rotatable bonds is 2. The summed E-state index contributed by atoms with van der Waals surface area (Å²) >= 11 is 3.25. The number of nitrogens with zero attached hydrogens (tertiary/aromatic N) is 1. The standard InChI is InChI=1S/C11H13BrN2O3S/c12-9-2-1-3-10(8-9)18(16,17)14-6-4-11(15)13-5-7-14/h1-3,8H,4-7H2,(H,13,15). The highest BCUT2D eigenvalue weighted by atomic mass is 79.9. The number of benzene rings is 1. The molecule has 0 saturated carbocycles. The number of hydrogen-bond acceptors (Lipinski definition) is 3. The van der Waals surface area contributed by atoms with Gasteiger partial charge in [-0.15, -0.1) is 0 Å². The number of carbonyl (C=O) groups excluding carboxylic acids is 1. The van der Waals surface area contributed by atoms with Crippen LogP contribution in [0.25, 0.3) is 0 Å². The van der Waals surface area contributed by atoms with Gasteiger partial charge in [-0.05, 0) is 18.2 Å². The average molecular weight is 333 g/mol. The number of sulfonamides is 1. The molecular weight excluding hydrogens is 320 g/mol. The maximum atomic E-state index is 12.4. The normalized spacial score (nSPS) is 18.2. The Morgan fingerprint density at radius 1 is 1.28 bits per heavy atom. The SMILES string of the molecule is O=C1CCN(S(=O)(=O)c2cccc(Br)c2)CCN1. The molecule has 0 unspecified atom stereocenters. The molecule has 5 nitrogen and oxygen atoms in total. The first kappa shape index (κ1) is 13.5. The van der Waals surface area contributed by atoms with E-state index in [4.69, 9.17) is 0 Å². The molecule has 1 saturated heterocycles. The maximum absolute atomic E-state index is 12.4. The van der Waals surface area contributed by atoms with Gasteiger partial charge in [-0.1, -0.05) is 22.0 Å². The van der Waals surface area contributed by atoms with Crippen molar-refractivity contribution in [3.05, 3.63) is 28.7 Å². The Morgan fingerprint density at radius 2 is 2.06 bits per heavy atom. The molecule has 1 aromatic carbocycles. The van der Waals surface area contributed by atoms with Crippen LogP contribution in [0.4, 0.5) is 0 Å². The summed E-state index contributed by atoms with van der Waals surface area (Å²) in [6, 6.07) is 6.57. The first-order valence-corrected chi connectivity index (χ1v) is 7.76. The highest BCUT2D eigenvalue weighted by molar-refractivity contribution is 9.10. The van der Waals surface area contributed by atoms with Crippen LogP contribution in [0.15, 0.2) is 33.6 Å². The summed E-state index contributed by atoms with van der Waals surface area (Å²) in [5.41, 5.74) is 0. The van der Waals surface area contributed by atoms with Crippen LogP contribution >= 0.6 is 15.9 Å². The topological polar surface area (TPSA) is 66.5 Å². The van der Waals surface area contributed by atoms with Gasteiger partial charge < -0.3 is 5.32 Å². The molecule has 0 radical (unpaired) electrons. The fourth-order valence-electron chi connectivity index (χ4n) is 1.76. The van der Waals surface area contributed by atoms with Crippen LogP contribution in [0.5, 0.6) is 0 Å². The smallest absolute Gasteiger partial charge is 0.243 e. The second-order valence-electron chi connectivity index (χ2n) is 3.96. The molecule has 18 heavy (non-hydrogen) atoms.